The van der Waals surface area contributed by atoms with E-state index in [0.29, 0.717) is 35.1 Å². The molecule has 0 saturated heterocycles. The molecule has 0 aromatic heterocycles. The zero-order valence-electron chi connectivity index (χ0n) is 20.6. The Morgan fingerprint density at radius 3 is 2.42 bits per heavy atom. The first-order valence-corrected chi connectivity index (χ1v) is 11.3. The molecule has 2 amide bonds. The van der Waals surface area contributed by atoms with Crippen LogP contribution in [0.5, 0.6) is 17.2 Å². The molecule has 38 heavy (non-hydrogen) atoms. The number of non-ortho nitro benzene ring substituents is 1. The molecule has 0 bridgehead atoms. The number of amides is 2. The first-order chi connectivity index (χ1) is 18.3. The van der Waals surface area contributed by atoms with Gasteiger partial charge in [-0.05, 0) is 61.0 Å². The van der Waals surface area contributed by atoms with Gasteiger partial charge in [-0.15, -0.1) is 0 Å². The summed E-state index contributed by atoms with van der Waals surface area (Å²) in [6, 6.07) is 18.8. The molecule has 0 unspecified atom stereocenters. The standard InChI is InChI=1S/C27H24N4O7/c1-3-37-25-14-18(13-19(16-28)27(33)30-21-5-4-6-22(15-21)31(34)35)7-12-24(25)38-17-26(32)29-20-8-10-23(36-2)11-9-20/h4-15H,3,17H2,1-2H3,(H,29,32)(H,30,33)/b19-13-. The number of methoxy groups -OCH3 is 1. The number of nitrogens with zero attached hydrogens (tertiary/aromatic N) is 2. The monoisotopic (exact) mass is 516 g/mol. The fourth-order valence-electron chi connectivity index (χ4n) is 3.23. The predicted molar refractivity (Wildman–Crippen MR) is 140 cm³/mol. The fourth-order valence-corrected chi connectivity index (χ4v) is 3.23. The summed E-state index contributed by atoms with van der Waals surface area (Å²) in [5.74, 6) is 0.159. The summed E-state index contributed by atoms with van der Waals surface area (Å²) in [6.45, 7) is 1.80. The molecule has 2 N–H and O–H groups in total. The Labute approximate surface area is 218 Å². The van der Waals surface area contributed by atoms with E-state index in [9.17, 15) is 25.0 Å². The van der Waals surface area contributed by atoms with E-state index in [-0.39, 0.29) is 29.5 Å². The molecule has 3 rings (SSSR count). The molecule has 3 aromatic carbocycles. The van der Waals surface area contributed by atoms with Crippen LogP contribution in [0.3, 0.4) is 0 Å². The molecular formula is C27H24N4O7. The highest BCUT2D eigenvalue weighted by Gasteiger charge is 2.14. The lowest BCUT2D eigenvalue weighted by atomic mass is 10.1. The molecule has 0 heterocycles. The molecule has 194 valence electrons. The van der Waals surface area contributed by atoms with Crippen molar-refractivity contribution in [1.82, 2.24) is 0 Å². The van der Waals surface area contributed by atoms with Gasteiger partial charge in [0.25, 0.3) is 17.5 Å². The van der Waals surface area contributed by atoms with Crippen LogP contribution in [-0.4, -0.2) is 37.1 Å². The van der Waals surface area contributed by atoms with Crippen LogP contribution >= 0.6 is 0 Å². The molecule has 0 aliphatic heterocycles. The number of anilines is 2. The Morgan fingerprint density at radius 2 is 1.76 bits per heavy atom. The Bertz CT molecular complexity index is 1400. The average Bonchev–Trinajstić information content (AvgIpc) is 2.92. The Hall–Kier alpha value is -5.37. The Kier molecular flexibility index (Phi) is 9.37. The molecule has 0 aliphatic rings. The highest BCUT2D eigenvalue weighted by molar-refractivity contribution is 6.09. The van der Waals surface area contributed by atoms with Gasteiger partial charge in [0.1, 0.15) is 17.4 Å². The smallest absolute Gasteiger partial charge is 0.271 e. The van der Waals surface area contributed by atoms with Crippen molar-refractivity contribution >= 4 is 35.0 Å². The van der Waals surface area contributed by atoms with Gasteiger partial charge in [-0.2, -0.15) is 5.26 Å². The van der Waals surface area contributed by atoms with Crippen molar-refractivity contribution in [3.05, 3.63) is 88.0 Å². The quantitative estimate of drug-likeness (QED) is 0.163. The van der Waals surface area contributed by atoms with Crippen molar-refractivity contribution in [3.8, 4) is 23.3 Å². The highest BCUT2D eigenvalue weighted by Crippen LogP contribution is 2.30. The normalized spacial score (nSPS) is 10.6. The number of nitro benzene ring substituents is 1. The van der Waals surface area contributed by atoms with Gasteiger partial charge in [-0.1, -0.05) is 12.1 Å². The minimum absolute atomic E-state index is 0.178. The number of rotatable bonds is 11. The maximum absolute atomic E-state index is 12.6. The highest BCUT2D eigenvalue weighted by atomic mass is 16.6. The van der Waals surface area contributed by atoms with E-state index >= 15 is 0 Å². The second kappa shape index (κ2) is 13.1. The SMILES string of the molecule is CCOc1cc(/C=C(/C#N)C(=O)Nc2cccc([N+](=O)[O-])c2)ccc1OCC(=O)Nc1ccc(OC)cc1. The maximum Gasteiger partial charge on any atom is 0.271 e. The van der Waals surface area contributed by atoms with Crippen molar-refractivity contribution in [1.29, 1.82) is 5.26 Å². The molecule has 0 aliphatic carbocycles. The van der Waals surface area contributed by atoms with Crippen LogP contribution in [0.2, 0.25) is 0 Å². The lowest BCUT2D eigenvalue weighted by Crippen LogP contribution is -2.20. The lowest BCUT2D eigenvalue weighted by molar-refractivity contribution is -0.384. The van der Waals surface area contributed by atoms with Gasteiger partial charge in [0, 0.05) is 23.5 Å². The van der Waals surface area contributed by atoms with Gasteiger partial charge in [0.05, 0.1) is 18.6 Å². The molecule has 11 heteroatoms. The molecule has 0 atom stereocenters. The number of nitro groups is 1. The van der Waals surface area contributed by atoms with E-state index in [1.165, 1.54) is 30.3 Å². The van der Waals surface area contributed by atoms with Crippen molar-refractivity contribution in [2.75, 3.05) is 31.0 Å². The van der Waals surface area contributed by atoms with Crippen molar-refractivity contribution in [2.45, 2.75) is 6.92 Å². The third-order valence-electron chi connectivity index (χ3n) is 4.99. The summed E-state index contributed by atoms with van der Waals surface area (Å²) in [6.07, 6.45) is 1.34. The fraction of sp³-hybridized carbons (Fsp3) is 0.148. The lowest BCUT2D eigenvalue weighted by Gasteiger charge is -2.13. The predicted octanol–water partition coefficient (Wildman–Crippen LogP) is 4.57. The molecular weight excluding hydrogens is 492 g/mol. The average molecular weight is 517 g/mol. The van der Waals surface area contributed by atoms with Gasteiger partial charge in [0.2, 0.25) is 0 Å². The van der Waals surface area contributed by atoms with Crippen LogP contribution < -0.4 is 24.8 Å². The minimum atomic E-state index is -0.735. The van der Waals surface area contributed by atoms with Gasteiger partial charge in [0.15, 0.2) is 18.1 Å². The molecule has 0 saturated carbocycles. The largest absolute Gasteiger partial charge is 0.497 e. The van der Waals surface area contributed by atoms with E-state index in [1.54, 1.807) is 56.5 Å². The number of ether oxygens (including phenoxy) is 3. The number of carbonyl (C=O) groups is 2. The van der Waals surface area contributed by atoms with Crippen molar-refractivity contribution in [3.63, 3.8) is 0 Å². The molecule has 3 aromatic rings. The Balaban J connectivity index is 1.70. The Morgan fingerprint density at radius 1 is 1.00 bits per heavy atom. The first kappa shape index (κ1) is 27.2. The summed E-state index contributed by atoms with van der Waals surface area (Å²) in [7, 11) is 1.55. The number of hydrogen-bond donors (Lipinski definition) is 2. The summed E-state index contributed by atoms with van der Waals surface area (Å²) >= 11 is 0. The second-order valence-corrected chi connectivity index (χ2v) is 7.64. The summed E-state index contributed by atoms with van der Waals surface area (Å²) in [5.41, 5.74) is 0.801. The number of carbonyl (C=O) groups excluding carboxylic acids is 2. The molecule has 0 fully saturated rings. The van der Waals surface area contributed by atoms with Crippen LogP contribution in [0.15, 0.2) is 72.3 Å². The van der Waals surface area contributed by atoms with Crippen LogP contribution in [0.1, 0.15) is 12.5 Å². The molecule has 11 nitrogen and oxygen atoms in total. The van der Waals surface area contributed by atoms with Crippen LogP contribution in [-0.2, 0) is 9.59 Å². The van der Waals surface area contributed by atoms with Crippen LogP contribution in [0.25, 0.3) is 6.08 Å². The summed E-state index contributed by atoms with van der Waals surface area (Å²) < 4.78 is 16.3. The van der Waals surface area contributed by atoms with Gasteiger partial charge >= 0.3 is 0 Å². The van der Waals surface area contributed by atoms with Gasteiger partial charge < -0.3 is 24.8 Å². The van der Waals surface area contributed by atoms with E-state index in [0.717, 1.165) is 0 Å². The van der Waals surface area contributed by atoms with Gasteiger partial charge in [-0.25, -0.2) is 0 Å². The minimum Gasteiger partial charge on any atom is -0.497 e. The zero-order valence-corrected chi connectivity index (χ0v) is 20.6. The topological polar surface area (TPSA) is 153 Å². The molecule has 0 radical (unpaired) electrons. The number of nitrogens with one attached hydrogen (secondary N) is 2. The number of benzene rings is 3. The van der Waals surface area contributed by atoms with Crippen LogP contribution in [0, 0.1) is 21.4 Å². The van der Waals surface area contributed by atoms with Crippen molar-refractivity contribution in [2.24, 2.45) is 0 Å². The number of nitriles is 1. The van der Waals surface area contributed by atoms with Crippen molar-refractivity contribution < 1.29 is 28.7 Å². The summed E-state index contributed by atoms with van der Waals surface area (Å²) in [4.78, 5) is 35.3. The third-order valence-corrected chi connectivity index (χ3v) is 4.99. The zero-order chi connectivity index (χ0) is 27.5. The van der Waals surface area contributed by atoms with E-state index in [1.807, 2.05) is 6.07 Å². The van der Waals surface area contributed by atoms with E-state index < -0.39 is 10.8 Å². The first-order valence-electron chi connectivity index (χ1n) is 11.3. The van der Waals surface area contributed by atoms with E-state index in [4.69, 9.17) is 14.2 Å². The third kappa shape index (κ3) is 7.56. The van der Waals surface area contributed by atoms with Gasteiger partial charge in [-0.3, -0.25) is 19.7 Å². The number of hydrogen-bond acceptors (Lipinski definition) is 8. The maximum atomic E-state index is 12.6. The second-order valence-electron chi connectivity index (χ2n) is 7.64. The van der Waals surface area contributed by atoms with E-state index in [2.05, 4.69) is 10.6 Å². The van der Waals surface area contributed by atoms with Crippen LogP contribution in [0.4, 0.5) is 17.1 Å². The summed E-state index contributed by atoms with van der Waals surface area (Å²) in [5, 5.41) is 25.6. The molecule has 0 spiro atoms.